The van der Waals surface area contributed by atoms with Crippen molar-refractivity contribution < 1.29 is 9.84 Å². The number of aliphatic hydroxyl groups excluding tert-OH is 1. The number of rotatable bonds is 8. The van der Waals surface area contributed by atoms with Crippen molar-refractivity contribution in [2.75, 3.05) is 44.0 Å². The van der Waals surface area contributed by atoms with Crippen LogP contribution in [0.5, 0.6) is 0 Å². The molecule has 0 radical (unpaired) electrons. The molecule has 4 N–H and O–H groups in total. The van der Waals surface area contributed by atoms with Crippen LogP contribution in [0.25, 0.3) is 11.0 Å². The van der Waals surface area contributed by atoms with Crippen LogP contribution in [0.3, 0.4) is 0 Å². The van der Waals surface area contributed by atoms with Gasteiger partial charge in [-0.3, -0.25) is 5.10 Å². The molecule has 2 aromatic rings. The van der Waals surface area contributed by atoms with E-state index in [1.807, 2.05) is 0 Å². The standard InChI is InChI=1S/C11H18N6O2/c1-12-11-15-9(8-7-14-17-10(8)16-11)13-3-2-5-19-6-4-18/h7,18H,2-6H2,1H3,(H3,12,13,14,15,16,17). The Bertz CT molecular complexity index is 515. The van der Waals surface area contributed by atoms with Gasteiger partial charge in [0.05, 0.1) is 24.8 Å². The van der Waals surface area contributed by atoms with E-state index in [1.54, 1.807) is 13.2 Å². The number of hydrogen-bond acceptors (Lipinski definition) is 7. The molecule has 0 atom stereocenters. The molecule has 2 heterocycles. The van der Waals surface area contributed by atoms with Crippen molar-refractivity contribution >= 4 is 22.8 Å². The quantitative estimate of drug-likeness (QED) is 0.506. The van der Waals surface area contributed by atoms with Crippen LogP contribution < -0.4 is 10.6 Å². The van der Waals surface area contributed by atoms with Crippen LogP contribution in [-0.2, 0) is 4.74 Å². The molecular formula is C11H18N6O2. The lowest BCUT2D eigenvalue weighted by Crippen LogP contribution is -2.09. The molecule has 2 aromatic heterocycles. The molecule has 8 nitrogen and oxygen atoms in total. The first-order valence-electron chi connectivity index (χ1n) is 6.16. The highest BCUT2D eigenvalue weighted by molar-refractivity contribution is 5.86. The maximum Gasteiger partial charge on any atom is 0.226 e. The van der Waals surface area contributed by atoms with E-state index in [2.05, 4.69) is 30.8 Å². The minimum absolute atomic E-state index is 0.0561. The third-order valence-electron chi connectivity index (χ3n) is 2.53. The number of anilines is 2. The van der Waals surface area contributed by atoms with Gasteiger partial charge in [0.1, 0.15) is 5.82 Å². The fraction of sp³-hybridized carbons (Fsp3) is 0.545. The van der Waals surface area contributed by atoms with E-state index in [-0.39, 0.29) is 6.61 Å². The van der Waals surface area contributed by atoms with E-state index < -0.39 is 0 Å². The molecule has 0 saturated carbocycles. The molecular weight excluding hydrogens is 248 g/mol. The summed E-state index contributed by atoms with van der Waals surface area (Å²) in [6, 6.07) is 0. The number of nitrogens with one attached hydrogen (secondary N) is 3. The highest BCUT2D eigenvalue weighted by Crippen LogP contribution is 2.19. The second kappa shape index (κ2) is 6.86. The lowest BCUT2D eigenvalue weighted by Gasteiger charge is -2.08. The molecule has 0 aliphatic rings. The Morgan fingerprint density at radius 2 is 2.26 bits per heavy atom. The molecule has 0 spiro atoms. The van der Waals surface area contributed by atoms with E-state index >= 15 is 0 Å². The summed E-state index contributed by atoms with van der Waals surface area (Å²) >= 11 is 0. The van der Waals surface area contributed by atoms with Crippen LogP contribution in [0.1, 0.15) is 6.42 Å². The first-order valence-corrected chi connectivity index (χ1v) is 6.16. The third kappa shape index (κ3) is 3.52. The Labute approximate surface area is 110 Å². The van der Waals surface area contributed by atoms with Crippen molar-refractivity contribution in [2.24, 2.45) is 0 Å². The van der Waals surface area contributed by atoms with Crippen LogP contribution in [0.15, 0.2) is 6.20 Å². The minimum atomic E-state index is 0.0561. The second-order valence-electron chi connectivity index (χ2n) is 3.89. The highest BCUT2D eigenvalue weighted by atomic mass is 16.5. The molecule has 0 aliphatic heterocycles. The molecule has 2 rings (SSSR count). The monoisotopic (exact) mass is 266 g/mol. The summed E-state index contributed by atoms with van der Waals surface area (Å²) in [6.07, 6.45) is 2.53. The maximum atomic E-state index is 8.58. The molecule has 0 bridgehead atoms. The smallest absolute Gasteiger partial charge is 0.226 e. The van der Waals surface area contributed by atoms with Gasteiger partial charge in [-0.1, -0.05) is 0 Å². The minimum Gasteiger partial charge on any atom is -0.394 e. The average molecular weight is 266 g/mol. The van der Waals surface area contributed by atoms with Crippen molar-refractivity contribution in [3.8, 4) is 0 Å². The van der Waals surface area contributed by atoms with Gasteiger partial charge >= 0.3 is 0 Å². The Morgan fingerprint density at radius 3 is 3.05 bits per heavy atom. The largest absolute Gasteiger partial charge is 0.394 e. The molecule has 0 aliphatic carbocycles. The fourth-order valence-electron chi connectivity index (χ4n) is 1.63. The third-order valence-corrected chi connectivity index (χ3v) is 2.53. The molecule has 0 amide bonds. The first kappa shape index (κ1) is 13.5. The maximum absolute atomic E-state index is 8.58. The average Bonchev–Trinajstić information content (AvgIpc) is 2.90. The van der Waals surface area contributed by atoms with Gasteiger partial charge in [-0.15, -0.1) is 0 Å². The highest BCUT2D eigenvalue weighted by Gasteiger charge is 2.07. The summed E-state index contributed by atoms with van der Waals surface area (Å²) in [7, 11) is 1.77. The summed E-state index contributed by atoms with van der Waals surface area (Å²) in [6.45, 7) is 1.77. The van der Waals surface area contributed by atoms with Gasteiger partial charge in [-0.2, -0.15) is 15.1 Å². The summed E-state index contributed by atoms with van der Waals surface area (Å²) in [5, 5.41) is 22.3. The zero-order chi connectivity index (χ0) is 13.5. The lowest BCUT2D eigenvalue weighted by atomic mass is 10.3. The molecule has 0 fully saturated rings. The van der Waals surface area contributed by atoms with Crippen molar-refractivity contribution in [2.45, 2.75) is 6.42 Å². The molecule has 8 heteroatoms. The Kier molecular flexibility index (Phi) is 4.87. The van der Waals surface area contributed by atoms with Gasteiger partial charge in [0.15, 0.2) is 5.65 Å². The van der Waals surface area contributed by atoms with Gasteiger partial charge in [0.25, 0.3) is 0 Å². The van der Waals surface area contributed by atoms with E-state index in [0.29, 0.717) is 24.8 Å². The van der Waals surface area contributed by atoms with Gasteiger partial charge in [0.2, 0.25) is 5.95 Å². The predicted molar refractivity (Wildman–Crippen MR) is 72.2 cm³/mol. The molecule has 0 aromatic carbocycles. The van der Waals surface area contributed by atoms with Crippen LogP contribution in [0.2, 0.25) is 0 Å². The molecule has 0 unspecified atom stereocenters. The van der Waals surface area contributed by atoms with Crippen molar-refractivity contribution in [3.05, 3.63) is 6.20 Å². The number of aliphatic hydroxyl groups is 1. The number of aromatic amines is 1. The fourth-order valence-corrected chi connectivity index (χ4v) is 1.63. The Balaban J connectivity index is 1.93. The van der Waals surface area contributed by atoms with Crippen molar-refractivity contribution in [1.29, 1.82) is 0 Å². The Morgan fingerprint density at radius 1 is 1.37 bits per heavy atom. The lowest BCUT2D eigenvalue weighted by molar-refractivity contribution is 0.0922. The van der Waals surface area contributed by atoms with Crippen LogP contribution in [-0.4, -0.2) is 58.7 Å². The van der Waals surface area contributed by atoms with Crippen LogP contribution in [0.4, 0.5) is 11.8 Å². The topological polar surface area (TPSA) is 108 Å². The number of hydrogen-bond donors (Lipinski definition) is 4. The second-order valence-corrected chi connectivity index (χ2v) is 3.89. The summed E-state index contributed by atoms with van der Waals surface area (Å²) in [5.74, 6) is 1.28. The van der Waals surface area contributed by atoms with Crippen LogP contribution in [0, 0.1) is 0 Å². The summed E-state index contributed by atoms with van der Waals surface area (Å²) in [4.78, 5) is 8.60. The number of ether oxygens (including phenoxy) is 1. The zero-order valence-corrected chi connectivity index (χ0v) is 10.8. The molecule has 0 saturated heterocycles. The number of aromatic nitrogens is 4. The predicted octanol–water partition coefficient (Wildman–Crippen LogP) is 0.205. The molecule has 104 valence electrons. The summed E-state index contributed by atoms with van der Waals surface area (Å²) in [5.41, 5.74) is 0.693. The van der Waals surface area contributed by atoms with Gasteiger partial charge < -0.3 is 20.5 Å². The van der Waals surface area contributed by atoms with E-state index in [0.717, 1.165) is 24.2 Å². The van der Waals surface area contributed by atoms with Crippen LogP contribution >= 0.6 is 0 Å². The number of H-pyrrole nitrogens is 1. The van der Waals surface area contributed by atoms with Gasteiger partial charge in [-0.25, -0.2) is 0 Å². The van der Waals surface area contributed by atoms with E-state index in [1.165, 1.54) is 0 Å². The van der Waals surface area contributed by atoms with Crippen molar-refractivity contribution in [3.63, 3.8) is 0 Å². The number of fused-ring (bicyclic) bond motifs is 1. The van der Waals surface area contributed by atoms with Gasteiger partial charge in [0, 0.05) is 20.2 Å². The van der Waals surface area contributed by atoms with Crippen molar-refractivity contribution in [1.82, 2.24) is 20.2 Å². The van der Waals surface area contributed by atoms with E-state index in [4.69, 9.17) is 9.84 Å². The SMILES string of the molecule is CNc1nc(NCCCOCCO)c2cn[nH]c2n1. The normalized spacial score (nSPS) is 10.8. The number of nitrogens with zero attached hydrogens (tertiary/aromatic N) is 3. The van der Waals surface area contributed by atoms with Gasteiger partial charge in [-0.05, 0) is 6.42 Å². The zero-order valence-electron chi connectivity index (χ0n) is 10.8. The first-order chi connectivity index (χ1) is 9.35. The summed E-state index contributed by atoms with van der Waals surface area (Å²) < 4.78 is 5.18. The Hall–Kier alpha value is -1.93. The van der Waals surface area contributed by atoms with E-state index in [9.17, 15) is 0 Å². The molecule has 19 heavy (non-hydrogen) atoms.